The summed E-state index contributed by atoms with van der Waals surface area (Å²) in [5, 5.41) is 5.02. The number of carbonyl (C=O) groups is 2. The fraction of sp³-hybridized carbons (Fsp3) is 0.167. The first kappa shape index (κ1) is 20.5. The number of benzene rings is 3. The monoisotopic (exact) mass is 421 g/mol. The van der Waals surface area contributed by atoms with Gasteiger partial charge in [-0.05, 0) is 35.7 Å². The highest BCUT2D eigenvalue weighted by atomic mass is 19.1. The summed E-state index contributed by atoms with van der Waals surface area (Å²) in [5.74, 6) is -1.88. The molecule has 3 aromatic rings. The number of anilines is 2. The van der Waals surface area contributed by atoms with Crippen molar-refractivity contribution in [1.82, 2.24) is 5.32 Å². The molecule has 3 aromatic carbocycles. The van der Waals surface area contributed by atoms with Crippen molar-refractivity contribution in [2.45, 2.75) is 18.9 Å². The fourth-order valence-corrected chi connectivity index (χ4v) is 3.71. The van der Waals surface area contributed by atoms with Gasteiger partial charge in [-0.3, -0.25) is 4.79 Å². The molecular formula is C24H21F2N3O2. The van der Waals surface area contributed by atoms with Crippen molar-refractivity contribution in [2.24, 2.45) is 0 Å². The molecule has 0 unspecified atom stereocenters. The molecule has 4 rings (SSSR count). The Labute approximate surface area is 178 Å². The topological polar surface area (TPSA) is 61.4 Å². The van der Waals surface area contributed by atoms with Crippen LogP contribution in [0.3, 0.4) is 0 Å². The molecule has 2 N–H and O–H groups in total. The molecule has 0 aliphatic carbocycles. The van der Waals surface area contributed by atoms with Crippen molar-refractivity contribution in [3.8, 4) is 0 Å². The maximum atomic E-state index is 13.9. The lowest BCUT2D eigenvalue weighted by Gasteiger charge is -2.25. The van der Waals surface area contributed by atoms with E-state index in [-0.39, 0.29) is 18.0 Å². The summed E-state index contributed by atoms with van der Waals surface area (Å²) in [6.07, 6.45) is 1.02. The van der Waals surface area contributed by atoms with Gasteiger partial charge in [-0.2, -0.15) is 0 Å². The minimum Gasteiger partial charge on any atom is -0.326 e. The zero-order valence-electron chi connectivity index (χ0n) is 16.6. The van der Waals surface area contributed by atoms with Crippen LogP contribution in [0.15, 0.2) is 72.8 Å². The van der Waals surface area contributed by atoms with Crippen LogP contribution >= 0.6 is 0 Å². The number of para-hydroxylation sites is 1. The molecule has 5 nitrogen and oxygen atoms in total. The average Bonchev–Trinajstić information content (AvgIpc) is 3.20. The minimum atomic E-state index is -0.894. The molecule has 0 saturated heterocycles. The van der Waals surface area contributed by atoms with Crippen LogP contribution in [0.4, 0.5) is 25.0 Å². The molecule has 0 spiro atoms. The Morgan fingerprint density at radius 3 is 2.48 bits per heavy atom. The lowest BCUT2D eigenvalue weighted by molar-refractivity contribution is -0.120. The third-order valence-electron chi connectivity index (χ3n) is 5.22. The lowest BCUT2D eigenvalue weighted by atomic mass is 10.0. The summed E-state index contributed by atoms with van der Waals surface area (Å²) < 4.78 is 27.0. The van der Waals surface area contributed by atoms with E-state index in [0.717, 1.165) is 35.4 Å². The van der Waals surface area contributed by atoms with E-state index in [1.807, 2.05) is 54.6 Å². The van der Waals surface area contributed by atoms with E-state index in [9.17, 15) is 18.4 Å². The maximum Gasteiger partial charge on any atom is 0.319 e. The molecule has 31 heavy (non-hydrogen) atoms. The Kier molecular flexibility index (Phi) is 5.93. The second kappa shape index (κ2) is 8.95. The summed E-state index contributed by atoms with van der Waals surface area (Å²) >= 11 is 0. The standard InChI is InChI=1S/C24H21F2N3O2/c25-18-10-11-20(19(26)15-18)27-24(31)28-21(14-16-6-2-1-3-7-16)23(30)29-13-12-17-8-4-5-9-22(17)29/h1-11,15,21H,12-14H2,(H2,27,28,31)/t21-/m1/s1. The van der Waals surface area contributed by atoms with Gasteiger partial charge in [-0.15, -0.1) is 0 Å². The third-order valence-corrected chi connectivity index (χ3v) is 5.22. The Hall–Kier alpha value is -3.74. The van der Waals surface area contributed by atoms with Gasteiger partial charge in [0.25, 0.3) is 0 Å². The van der Waals surface area contributed by atoms with Crippen molar-refractivity contribution in [2.75, 3.05) is 16.8 Å². The van der Waals surface area contributed by atoms with Gasteiger partial charge < -0.3 is 15.5 Å². The third kappa shape index (κ3) is 4.71. The molecule has 0 saturated carbocycles. The highest BCUT2D eigenvalue weighted by molar-refractivity contribution is 6.02. The number of halogens is 2. The smallest absolute Gasteiger partial charge is 0.319 e. The van der Waals surface area contributed by atoms with E-state index in [1.54, 1.807) is 4.90 Å². The fourth-order valence-electron chi connectivity index (χ4n) is 3.71. The molecule has 0 aromatic heterocycles. The van der Waals surface area contributed by atoms with Crippen LogP contribution in [-0.4, -0.2) is 24.5 Å². The molecular weight excluding hydrogens is 400 g/mol. The van der Waals surface area contributed by atoms with Gasteiger partial charge in [0, 0.05) is 24.7 Å². The number of hydrogen-bond donors (Lipinski definition) is 2. The van der Waals surface area contributed by atoms with E-state index < -0.39 is 23.7 Å². The zero-order valence-corrected chi connectivity index (χ0v) is 16.6. The predicted octanol–water partition coefficient (Wildman–Crippen LogP) is 4.29. The van der Waals surface area contributed by atoms with E-state index in [4.69, 9.17) is 0 Å². The van der Waals surface area contributed by atoms with Gasteiger partial charge >= 0.3 is 6.03 Å². The van der Waals surface area contributed by atoms with Gasteiger partial charge in [0.2, 0.25) is 5.91 Å². The minimum absolute atomic E-state index is 0.170. The zero-order chi connectivity index (χ0) is 21.8. The Bertz CT molecular complexity index is 1100. The number of fused-ring (bicyclic) bond motifs is 1. The molecule has 1 atom stereocenters. The largest absolute Gasteiger partial charge is 0.326 e. The number of rotatable bonds is 5. The molecule has 0 fully saturated rings. The normalized spacial score (nSPS) is 13.4. The van der Waals surface area contributed by atoms with E-state index >= 15 is 0 Å². The number of nitrogens with zero attached hydrogens (tertiary/aromatic N) is 1. The van der Waals surface area contributed by atoms with Crippen molar-refractivity contribution in [1.29, 1.82) is 0 Å². The summed E-state index contributed by atoms with van der Waals surface area (Å²) in [6, 6.07) is 18.2. The molecule has 3 amide bonds. The second-order valence-electron chi connectivity index (χ2n) is 7.33. The van der Waals surface area contributed by atoms with Crippen LogP contribution in [0.2, 0.25) is 0 Å². The van der Waals surface area contributed by atoms with Gasteiger partial charge in [0.05, 0.1) is 5.69 Å². The number of urea groups is 1. The maximum absolute atomic E-state index is 13.9. The first-order chi connectivity index (χ1) is 15.0. The molecule has 1 heterocycles. The molecule has 158 valence electrons. The molecule has 1 aliphatic rings. The second-order valence-corrected chi connectivity index (χ2v) is 7.33. The van der Waals surface area contributed by atoms with Crippen LogP contribution < -0.4 is 15.5 Å². The van der Waals surface area contributed by atoms with Crippen molar-refractivity contribution < 1.29 is 18.4 Å². The summed E-state index contributed by atoms with van der Waals surface area (Å²) in [5.41, 5.74) is 2.61. The Morgan fingerprint density at radius 1 is 0.968 bits per heavy atom. The summed E-state index contributed by atoms with van der Waals surface area (Å²) in [6.45, 7) is 0.527. The van der Waals surface area contributed by atoms with E-state index in [1.165, 1.54) is 0 Å². The molecule has 1 aliphatic heterocycles. The number of amides is 3. The van der Waals surface area contributed by atoms with Crippen molar-refractivity contribution in [3.63, 3.8) is 0 Å². The van der Waals surface area contributed by atoms with Crippen LogP contribution in [0.5, 0.6) is 0 Å². The highest BCUT2D eigenvalue weighted by Gasteiger charge is 2.31. The van der Waals surface area contributed by atoms with E-state index in [2.05, 4.69) is 10.6 Å². The van der Waals surface area contributed by atoms with Crippen LogP contribution in [0, 0.1) is 11.6 Å². The lowest BCUT2D eigenvalue weighted by Crippen LogP contribution is -2.50. The Balaban J connectivity index is 1.54. The first-order valence-corrected chi connectivity index (χ1v) is 9.97. The Morgan fingerprint density at radius 2 is 1.71 bits per heavy atom. The number of hydrogen-bond acceptors (Lipinski definition) is 2. The van der Waals surface area contributed by atoms with Crippen molar-refractivity contribution in [3.05, 3.63) is 95.6 Å². The van der Waals surface area contributed by atoms with Gasteiger partial charge in [0.15, 0.2) is 0 Å². The SMILES string of the molecule is O=C(Nc1ccc(F)cc1F)N[C@H](Cc1ccccc1)C(=O)N1CCc2ccccc21. The molecule has 0 bridgehead atoms. The van der Waals surface area contributed by atoms with Crippen molar-refractivity contribution >= 4 is 23.3 Å². The van der Waals surface area contributed by atoms with Crippen LogP contribution in [0.25, 0.3) is 0 Å². The first-order valence-electron chi connectivity index (χ1n) is 9.97. The predicted molar refractivity (Wildman–Crippen MR) is 115 cm³/mol. The van der Waals surface area contributed by atoms with Gasteiger partial charge in [-0.25, -0.2) is 13.6 Å². The summed E-state index contributed by atoms with van der Waals surface area (Å²) in [7, 11) is 0. The molecule has 7 heteroatoms. The van der Waals surface area contributed by atoms with E-state index in [0.29, 0.717) is 12.6 Å². The van der Waals surface area contributed by atoms with Gasteiger partial charge in [-0.1, -0.05) is 48.5 Å². The summed E-state index contributed by atoms with van der Waals surface area (Å²) in [4.78, 5) is 27.6. The quantitative estimate of drug-likeness (QED) is 0.646. The molecule has 0 radical (unpaired) electrons. The number of carbonyl (C=O) groups excluding carboxylic acids is 2. The average molecular weight is 421 g/mol. The van der Waals surface area contributed by atoms with Gasteiger partial charge in [0.1, 0.15) is 17.7 Å². The van der Waals surface area contributed by atoms with Crippen LogP contribution in [0.1, 0.15) is 11.1 Å². The number of nitrogens with one attached hydrogen (secondary N) is 2. The highest BCUT2D eigenvalue weighted by Crippen LogP contribution is 2.28. The van der Waals surface area contributed by atoms with Crippen LogP contribution in [-0.2, 0) is 17.6 Å².